The van der Waals surface area contributed by atoms with Gasteiger partial charge in [-0.05, 0) is 12.1 Å². The highest BCUT2D eigenvalue weighted by molar-refractivity contribution is 9.10. The van der Waals surface area contributed by atoms with Gasteiger partial charge in [0.1, 0.15) is 6.61 Å². The molecule has 0 spiro atoms. The molecule has 0 bridgehead atoms. The van der Waals surface area contributed by atoms with Gasteiger partial charge in [-0.2, -0.15) is 5.10 Å². The standard InChI is InChI=1S/C12H10BrClN2O/c13-11-4-2-1-3-9(11)8-17-12-6-5-10(7-14)15-16-12/h1-6H,7-8H2. The van der Waals surface area contributed by atoms with Crippen LogP contribution in [0.3, 0.4) is 0 Å². The average Bonchev–Trinajstić information content (AvgIpc) is 2.38. The number of hydrogen-bond acceptors (Lipinski definition) is 3. The van der Waals surface area contributed by atoms with Crippen LogP contribution in [0.15, 0.2) is 40.9 Å². The van der Waals surface area contributed by atoms with Gasteiger partial charge in [0.05, 0.1) is 11.6 Å². The van der Waals surface area contributed by atoms with Crippen LogP contribution in [0.2, 0.25) is 0 Å². The van der Waals surface area contributed by atoms with E-state index in [2.05, 4.69) is 26.1 Å². The van der Waals surface area contributed by atoms with Crippen LogP contribution in [0.5, 0.6) is 5.88 Å². The molecule has 0 unspecified atom stereocenters. The molecule has 5 heteroatoms. The summed E-state index contributed by atoms with van der Waals surface area (Å²) in [6, 6.07) is 11.5. The third-order valence-corrected chi connectivity index (χ3v) is 3.21. The first-order valence-corrected chi connectivity index (χ1v) is 6.37. The smallest absolute Gasteiger partial charge is 0.233 e. The summed E-state index contributed by atoms with van der Waals surface area (Å²) in [7, 11) is 0. The van der Waals surface area contributed by atoms with E-state index in [1.165, 1.54) is 0 Å². The van der Waals surface area contributed by atoms with Gasteiger partial charge in [0, 0.05) is 16.1 Å². The normalized spacial score (nSPS) is 10.2. The summed E-state index contributed by atoms with van der Waals surface area (Å²) in [6.45, 7) is 0.455. The van der Waals surface area contributed by atoms with Crippen molar-refractivity contribution >= 4 is 27.5 Å². The monoisotopic (exact) mass is 312 g/mol. The topological polar surface area (TPSA) is 35.0 Å². The van der Waals surface area contributed by atoms with Gasteiger partial charge in [0.25, 0.3) is 0 Å². The molecule has 88 valence electrons. The molecule has 0 saturated heterocycles. The van der Waals surface area contributed by atoms with E-state index in [1.54, 1.807) is 12.1 Å². The molecule has 3 nitrogen and oxygen atoms in total. The number of halogens is 2. The maximum absolute atomic E-state index is 5.62. The molecule has 1 aromatic heterocycles. The third kappa shape index (κ3) is 3.41. The van der Waals surface area contributed by atoms with E-state index in [0.717, 1.165) is 15.7 Å². The largest absolute Gasteiger partial charge is 0.472 e. The number of rotatable bonds is 4. The molecule has 0 aliphatic heterocycles. The Kier molecular flexibility index (Phi) is 4.34. The van der Waals surface area contributed by atoms with E-state index in [1.807, 2.05) is 24.3 Å². The molecule has 0 aliphatic rings. The maximum Gasteiger partial charge on any atom is 0.233 e. The second-order valence-electron chi connectivity index (χ2n) is 3.38. The molecule has 0 radical (unpaired) electrons. The number of ether oxygens (including phenoxy) is 1. The van der Waals surface area contributed by atoms with Gasteiger partial charge in [-0.15, -0.1) is 16.7 Å². The Balaban J connectivity index is 2.00. The van der Waals surface area contributed by atoms with Crippen molar-refractivity contribution in [1.29, 1.82) is 0 Å². The van der Waals surface area contributed by atoms with Crippen LogP contribution >= 0.6 is 27.5 Å². The third-order valence-electron chi connectivity index (χ3n) is 2.17. The van der Waals surface area contributed by atoms with Crippen molar-refractivity contribution in [2.45, 2.75) is 12.5 Å². The van der Waals surface area contributed by atoms with Gasteiger partial charge < -0.3 is 4.74 Å². The fourth-order valence-corrected chi connectivity index (χ4v) is 1.80. The first-order valence-electron chi connectivity index (χ1n) is 5.04. The fourth-order valence-electron chi connectivity index (χ4n) is 1.26. The van der Waals surface area contributed by atoms with Gasteiger partial charge in [0.15, 0.2) is 0 Å². The van der Waals surface area contributed by atoms with E-state index < -0.39 is 0 Å². The molecule has 1 aromatic carbocycles. The molecule has 0 aliphatic carbocycles. The average molecular weight is 314 g/mol. The molecule has 1 heterocycles. The summed E-state index contributed by atoms with van der Waals surface area (Å²) < 4.78 is 6.54. The molecule has 2 aromatic rings. The zero-order chi connectivity index (χ0) is 12.1. The van der Waals surface area contributed by atoms with Crippen LogP contribution in [-0.4, -0.2) is 10.2 Å². The molecular formula is C12H10BrClN2O. The van der Waals surface area contributed by atoms with Crippen molar-refractivity contribution in [3.8, 4) is 5.88 Å². The first-order chi connectivity index (χ1) is 8.29. The van der Waals surface area contributed by atoms with Crippen molar-refractivity contribution < 1.29 is 4.74 Å². The molecular weight excluding hydrogens is 304 g/mol. The van der Waals surface area contributed by atoms with E-state index in [4.69, 9.17) is 16.3 Å². The summed E-state index contributed by atoms with van der Waals surface area (Å²) in [6.07, 6.45) is 0. The minimum Gasteiger partial charge on any atom is -0.472 e. The lowest BCUT2D eigenvalue weighted by molar-refractivity contribution is 0.289. The van der Waals surface area contributed by atoms with Crippen molar-refractivity contribution in [1.82, 2.24) is 10.2 Å². The van der Waals surface area contributed by atoms with E-state index in [0.29, 0.717) is 18.4 Å². The van der Waals surface area contributed by atoms with Crippen LogP contribution in [0, 0.1) is 0 Å². The highest BCUT2D eigenvalue weighted by Gasteiger charge is 2.01. The van der Waals surface area contributed by atoms with Crippen molar-refractivity contribution in [2.75, 3.05) is 0 Å². The van der Waals surface area contributed by atoms with Gasteiger partial charge >= 0.3 is 0 Å². The van der Waals surface area contributed by atoms with Crippen molar-refractivity contribution in [3.63, 3.8) is 0 Å². The Morgan fingerprint density at radius 3 is 2.59 bits per heavy atom. The zero-order valence-corrected chi connectivity index (χ0v) is 11.3. The lowest BCUT2D eigenvalue weighted by Crippen LogP contribution is -1.99. The highest BCUT2D eigenvalue weighted by atomic mass is 79.9. The van der Waals surface area contributed by atoms with Crippen LogP contribution < -0.4 is 4.74 Å². The van der Waals surface area contributed by atoms with Crippen LogP contribution in [0.4, 0.5) is 0 Å². The van der Waals surface area contributed by atoms with Crippen molar-refractivity contribution in [2.24, 2.45) is 0 Å². The summed E-state index contributed by atoms with van der Waals surface area (Å²) in [4.78, 5) is 0. The molecule has 0 fully saturated rings. The molecule has 0 saturated carbocycles. The highest BCUT2D eigenvalue weighted by Crippen LogP contribution is 2.17. The van der Waals surface area contributed by atoms with Gasteiger partial charge in [-0.1, -0.05) is 34.1 Å². The predicted octanol–water partition coefficient (Wildman–Crippen LogP) is 3.56. The van der Waals surface area contributed by atoms with Gasteiger partial charge in [-0.25, -0.2) is 0 Å². The van der Waals surface area contributed by atoms with E-state index in [9.17, 15) is 0 Å². The lowest BCUT2D eigenvalue weighted by Gasteiger charge is -2.06. The fraction of sp³-hybridized carbons (Fsp3) is 0.167. The predicted molar refractivity (Wildman–Crippen MR) is 70.1 cm³/mol. The number of aromatic nitrogens is 2. The van der Waals surface area contributed by atoms with E-state index >= 15 is 0 Å². The summed E-state index contributed by atoms with van der Waals surface area (Å²) in [5.41, 5.74) is 1.80. The summed E-state index contributed by atoms with van der Waals surface area (Å²) in [5.74, 6) is 0.854. The van der Waals surface area contributed by atoms with Gasteiger partial charge in [-0.3, -0.25) is 0 Å². The zero-order valence-electron chi connectivity index (χ0n) is 8.94. The summed E-state index contributed by atoms with van der Waals surface area (Å²) in [5, 5.41) is 7.84. The second-order valence-corrected chi connectivity index (χ2v) is 4.50. The SMILES string of the molecule is ClCc1ccc(OCc2ccccc2Br)nn1. The quantitative estimate of drug-likeness (QED) is 0.810. The number of hydrogen-bond donors (Lipinski definition) is 0. The van der Waals surface area contributed by atoms with Crippen molar-refractivity contribution in [3.05, 3.63) is 52.1 Å². The molecule has 0 N–H and O–H groups in total. The van der Waals surface area contributed by atoms with Crippen LogP contribution in [0.25, 0.3) is 0 Å². The number of benzene rings is 1. The Morgan fingerprint density at radius 1 is 1.12 bits per heavy atom. The van der Waals surface area contributed by atoms with Crippen LogP contribution in [-0.2, 0) is 12.5 Å². The Morgan fingerprint density at radius 2 is 1.94 bits per heavy atom. The number of nitrogens with zero attached hydrogens (tertiary/aromatic N) is 2. The summed E-state index contributed by atoms with van der Waals surface area (Å²) >= 11 is 9.08. The second kappa shape index (κ2) is 5.98. The molecule has 0 amide bonds. The minimum absolute atomic E-state index is 0.359. The Hall–Kier alpha value is -1.13. The Labute approximate surface area is 113 Å². The van der Waals surface area contributed by atoms with E-state index in [-0.39, 0.29) is 0 Å². The molecule has 2 rings (SSSR count). The minimum atomic E-state index is 0.359. The number of alkyl halides is 1. The maximum atomic E-state index is 5.62. The Bertz CT molecular complexity index is 490. The lowest BCUT2D eigenvalue weighted by atomic mass is 10.2. The molecule has 0 atom stereocenters. The van der Waals surface area contributed by atoms with Crippen LogP contribution in [0.1, 0.15) is 11.3 Å². The first kappa shape index (κ1) is 12.3. The molecule has 17 heavy (non-hydrogen) atoms. The van der Waals surface area contributed by atoms with Gasteiger partial charge in [0.2, 0.25) is 5.88 Å².